The quantitative estimate of drug-likeness (QED) is 0.537. The topological polar surface area (TPSA) is 0 Å². The van der Waals surface area contributed by atoms with Gasteiger partial charge in [0, 0.05) is 0 Å². The van der Waals surface area contributed by atoms with Gasteiger partial charge in [0.25, 0.3) is 0 Å². The zero-order valence-corrected chi connectivity index (χ0v) is 13.5. The molecule has 0 nitrogen and oxygen atoms in total. The van der Waals surface area contributed by atoms with Gasteiger partial charge in [-0.15, -0.1) is 0 Å². The van der Waals surface area contributed by atoms with Crippen LogP contribution in [0.1, 0.15) is 52.2 Å². The van der Waals surface area contributed by atoms with E-state index in [-0.39, 0.29) is 0 Å². The van der Waals surface area contributed by atoms with E-state index in [2.05, 4.69) is 44.7 Å². The standard InChI is InChI=1S/C10H12.C7H12.C2H6/c1-8(2)10-7-5-4-6-9(10)3;1-3-5-7-6-4-2;1-2/h4-7H,1H2,2-3H3;3,5-7H,4H2,1-2H3;1-2H3/b;5-3-,7-6+;. The Bertz CT molecular complexity index is 381. The molecule has 0 unspecified atom stereocenters. The van der Waals surface area contributed by atoms with Gasteiger partial charge in [-0.1, -0.05) is 81.5 Å². The van der Waals surface area contributed by atoms with E-state index in [4.69, 9.17) is 0 Å². The Hall–Kier alpha value is -1.56. The van der Waals surface area contributed by atoms with E-state index in [0.29, 0.717) is 0 Å². The van der Waals surface area contributed by atoms with Crippen molar-refractivity contribution in [3.63, 3.8) is 0 Å². The second kappa shape index (κ2) is 14.5. The molecule has 0 aliphatic carbocycles. The van der Waals surface area contributed by atoms with E-state index >= 15 is 0 Å². The fourth-order valence-corrected chi connectivity index (χ4v) is 1.38. The van der Waals surface area contributed by atoms with Gasteiger partial charge in [-0.3, -0.25) is 0 Å². The lowest BCUT2D eigenvalue weighted by atomic mass is 10.0. The molecular weight excluding hydrogens is 228 g/mol. The number of hydrogen-bond donors (Lipinski definition) is 0. The first-order chi connectivity index (χ1) is 9.13. The molecule has 0 heteroatoms. The third-order valence-corrected chi connectivity index (χ3v) is 2.28. The maximum atomic E-state index is 3.89. The summed E-state index contributed by atoms with van der Waals surface area (Å²) in [5.41, 5.74) is 3.70. The first-order valence-corrected chi connectivity index (χ1v) is 7.12. The van der Waals surface area contributed by atoms with Gasteiger partial charge in [0.05, 0.1) is 0 Å². The molecule has 106 valence electrons. The molecule has 0 bridgehead atoms. The second-order valence-corrected chi connectivity index (χ2v) is 3.96. The van der Waals surface area contributed by atoms with E-state index < -0.39 is 0 Å². The Morgan fingerprint density at radius 1 is 1.16 bits per heavy atom. The van der Waals surface area contributed by atoms with Gasteiger partial charge in [0.1, 0.15) is 0 Å². The fourth-order valence-electron chi connectivity index (χ4n) is 1.38. The van der Waals surface area contributed by atoms with Crippen molar-refractivity contribution in [1.29, 1.82) is 0 Å². The van der Waals surface area contributed by atoms with Crippen LogP contribution in [0, 0.1) is 6.92 Å². The Balaban J connectivity index is 0. The SMILES string of the molecule is C/C=C\C=C\CC.C=C(C)c1ccccc1C.CC. The van der Waals surface area contributed by atoms with Crippen molar-refractivity contribution < 1.29 is 0 Å². The molecule has 1 aromatic rings. The molecular formula is C19H30. The van der Waals surface area contributed by atoms with Crippen molar-refractivity contribution in [2.45, 2.75) is 48.0 Å². The van der Waals surface area contributed by atoms with Crippen molar-refractivity contribution >= 4 is 5.57 Å². The summed E-state index contributed by atoms with van der Waals surface area (Å²) >= 11 is 0. The van der Waals surface area contributed by atoms with E-state index in [1.165, 1.54) is 11.1 Å². The highest BCUT2D eigenvalue weighted by Crippen LogP contribution is 2.14. The molecule has 0 amide bonds. The normalized spacial score (nSPS) is 9.58. The highest BCUT2D eigenvalue weighted by atomic mass is 14.0. The zero-order valence-electron chi connectivity index (χ0n) is 13.5. The van der Waals surface area contributed by atoms with Crippen molar-refractivity contribution in [3.05, 3.63) is 66.3 Å². The lowest BCUT2D eigenvalue weighted by molar-refractivity contribution is 1.22. The molecule has 0 aliphatic heterocycles. The molecule has 0 spiro atoms. The van der Waals surface area contributed by atoms with Gasteiger partial charge in [-0.2, -0.15) is 0 Å². The molecule has 0 atom stereocenters. The summed E-state index contributed by atoms with van der Waals surface area (Å²) in [4.78, 5) is 0. The molecule has 0 saturated carbocycles. The largest absolute Gasteiger partial charge is 0.0955 e. The summed E-state index contributed by atoms with van der Waals surface area (Å²) < 4.78 is 0. The third-order valence-electron chi connectivity index (χ3n) is 2.28. The minimum Gasteiger partial charge on any atom is -0.0955 e. The first kappa shape index (κ1) is 19.8. The van der Waals surface area contributed by atoms with Gasteiger partial charge >= 0.3 is 0 Å². The van der Waals surface area contributed by atoms with E-state index in [1.54, 1.807) is 0 Å². The Morgan fingerprint density at radius 3 is 2.11 bits per heavy atom. The van der Waals surface area contributed by atoms with Crippen LogP contribution >= 0.6 is 0 Å². The van der Waals surface area contributed by atoms with E-state index in [0.717, 1.165) is 12.0 Å². The molecule has 1 aromatic carbocycles. The van der Waals surface area contributed by atoms with Gasteiger partial charge in [-0.05, 0) is 38.3 Å². The van der Waals surface area contributed by atoms with E-state index in [1.807, 2.05) is 52.0 Å². The van der Waals surface area contributed by atoms with Crippen LogP contribution in [0.3, 0.4) is 0 Å². The smallest absolute Gasteiger partial charge is 0.0204 e. The molecule has 0 radical (unpaired) electrons. The summed E-state index contributed by atoms with van der Waals surface area (Å²) in [6, 6.07) is 8.28. The van der Waals surface area contributed by atoms with Crippen LogP contribution < -0.4 is 0 Å². The minimum absolute atomic E-state index is 1.13. The minimum atomic E-state index is 1.13. The average molecular weight is 258 g/mol. The van der Waals surface area contributed by atoms with Crippen LogP contribution in [0.25, 0.3) is 5.57 Å². The van der Waals surface area contributed by atoms with Crippen LogP contribution in [0.4, 0.5) is 0 Å². The van der Waals surface area contributed by atoms with Crippen molar-refractivity contribution in [2.75, 3.05) is 0 Å². The van der Waals surface area contributed by atoms with E-state index in [9.17, 15) is 0 Å². The number of rotatable bonds is 3. The highest BCUT2D eigenvalue weighted by molar-refractivity contribution is 5.63. The molecule has 0 aromatic heterocycles. The number of allylic oxidation sites excluding steroid dienone is 5. The summed E-state index contributed by atoms with van der Waals surface area (Å²) in [6.45, 7) is 16.2. The van der Waals surface area contributed by atoms with Crippen molar-refractivity contribution in [3.8, 4) is 0 Å². The van der Waals surface area contributed by atoms with Gasteiger partial charge < -0.3 is 0 Å². The monoisotopic (exact) mass is 258 g/mol. The molecule has 1 rings (SSSR count). The molecule has 19 heavy (non-hydrogen) atoms. The molecule has 0 aliphatic rings. The number of aryl methyl sites for hydroxylation is 1. The molecule has 0 fully saturated rings. The lowest BCUT2D eigenvalue weighted by Gasteiger charge is -2.02. The van der Waals surface area contributed by atoms with Crippen LogP contribution in [-0.2, 0) is 0 Å². The Labute approximate surface area is 120 Å². The first-order valence-electron chi connectivity index (χ1n) is 7.12. The summed E-state index contributed by atoms with van der Waals surface area (Å²) in [6.07, 6.45) is 9.36. The molecule has 0 saturated heterocycles. The molecule has 0 N–H and O–H groups in total. The van der Waals surface area contributed by atoms with Gasteiger partial charge in [0.15, 0.2) is 0 Å². The van der Waals surface area contributed by atoms with Crippen LogP contribution in [0.2, 0.25) is 0 Å². The number of hydrogen-bond acceptors (Lipinski definition) is 0. The fraction of sp³-hybridized carbons (Fsp3) is 0.368. The Kier molecular flexibility index (Phi) is 15.1. The van der Waals surface area contributed by atoms with Gasteiger partial charge in [0.2, 0.25) is 0 Å². The second-order valence-electron chi connectivity index (χ2n) is 3.96. The third kappa shape index (κ3) is 11.3. The van der Waals surface area contributed by atoms with Crippen molar-refractivity contribution in [1.82, 2.24) is 0 Å². The zero-order chi connectivity index (χ0) is 15.1. The van der Waals surface area contributed by atoms with Crippen LogP contribution in [0.5, 0.6) is 0 Å². The summed E-state index contributed by atoms with van der Waals surface area (Å²) in [7, 11) is 0. The highest BCUT2D eigenvalue weighted by Gasteiger charge is 1.94. The van der Waals surface area contributed by atoms with Gasteiger partial charge in [-0.25, -0.2) is 0 Å². The van der Waals surface area contributed by atoms with Crippen molar-refractivity contribution in [2.24, 2.45) is 0 Å². The van der Waals surface area contributed by atoms with Crippen LogP contribution in [-0.4, -0.2) is 0 Å². The maximum absolute atomic E-state index is 3.89. The number of benzene rings is 1. The lowest BCUT2D eigenvalue weighted by Crippen LogP contribution is -1.81. The summed E-state index contributed by atoms with van der Waals surface area (Å²) in [5, 5.41) is 0. The predicted molar refractivity (Wildman–Crippen MR) is 91.5 cm³/mol. The predicted octanol–water partition coefficient (Wildman–Crippen LogP) is 6.58. The Morgan fingerprint density at radius 2 is 1.74 bits per heavy atom. The van der Waals surface area contributed by atoms with Crippen LogP contribution in [0.15, 0.2) is 55.1 Å². The maximum Gasteiger partial charge on any atom is -0.0204 e. The average Bonchev–Trinajstić information content (AvgIpc) is 2.42. The summed E-state index contributed by atoms with van der Waals surface area (Å²) in [5.74, 6) is 0. The molecule has 0 heterocycles.